The van der Waals surface area contributed by atoms with Crippen molar-refractivity contribution in [1.82, 2.24) is 4.90 Å². The van der Waals surface area contributed by atoms with E-state index in [-0.39, 0.29) is 12.6 Å². The van der Waals surface area contributed by atoms with Gasteiger partial charge in [0.05, 0.1) is 18.9 Å². The third-order valence-electron chi connectivity index (χ3n) is 4.59. The van der Waals surface area contributed by atoms with Crippen molar-refractivity contribution in [2.75, 3.05) is 32.0 Å². The molecule has 1 aliphatic rings. The van der Waals surface area contributed by atoms with Gasteiger partial charge in [0.2, 0.25) is 0 Å². The van der Waals surface area contributed by atoms with E-state index in [2.05, 4.69) is 29.4 Å². The number of carboxylic acids is 1. The highest BCUT2D eigenvalue weighted by Gasteiger charge is 2.21. The van der Waals surface area contributed by atoms with Crippen LogP contribution in [0.2, 0.25) is 0 Å². The number of hydrogen-bond donors (Lipinski definition) is 3. The van der Waals surface area contributed by atoms with Crippen LogP contribution < -0.4 is 11.1 Å². The Morgan fingerprint density at radius 1 is 1.37 bits per heavy atom. The molecule has 0 radical (unpaired) electrons. The zero-order valence-electron chi connectivity index (χ0n) is 16.3. The number of carbonyl (C=O) groups excluding carboxylic acids is 1. The molecule has 0 bridgehead atoms. The van der Waals surface area contributed by atoms with Gasteiger partial charge in [-0.05, 0) is 56.0 Å². The molecular weight excluding hydrogens is 344 g/mol. The maximum Gasteiger partial charge on any atom is 0.317 e. The molecule has 2 rings (SSSR count). The molecule has 1 unspecified atom stereocenters. The molecule has 0 spiro atoms. The standard InChI is InChI=1S/C18H26N2O3.C2H6N2/c1-2-3-17(13-21)19-16-6-4-14(5-7-16)15-8-10-20(11-9-15)12-18(22)23;1-4-2-3/h4-7,13,15,17,19H,2-3,8-12H2,1H3,(H,22,23);2H,1H3,(H2,3,4). The minimum atomic E-state index is -0.754. The van der Waals surface area contributed by atoms with Crippen LogP contribution in [0.5, 0.6) is 0 Å². The van der Waals surface area contributed by atoms with Gasteiger partial charge in [-0.2, -0.15) is 0 Å². The Morgan fingerprint density at radius 3 is 2.41 bits per heavy atom. The van der Waals surface area contributed by atoms with Crippen LogP contribution >= 0.6 is 0 Å². The van der Waals surface area contributed by atoms with E-state index >= 15 is 0 Å². The van der Waals surface area contributed by atoms with Crippen molar-refractivity contribution in [3.05, 3.63) is 29.8 Å². The summed E-state index contributed by atoms with van der Waals surface area (Å²) in [5, 5.41) is 12.1. The van der Waals surface area contributed by atoms with Crippen molar-refractivity contribution >= 4 is 24.3 Å². The average Bonchev–Trinajstić information content (AvgIpc) is 2.68. The van der Waals surface area contributed by atoms with Gasteiger partial charge in [-0.3, -0.25) is 14.7 Å². The number of hydrogen-bond acceptors (Lipinski definition) is 5. The normalized spacial score (nSPS) is 16.4. The number of anilines is 1. The van der Waals surface area contributed by atoms with E-state index in [1.807, 2.05) is 17.0 Å². The van der Waals surface area contributed by atoms with Crippen LogP contribution in [0.15, 0.2) is 29.3 Å². The second-order valence-corrected chi connectivity index (χ2v) is 6.65. The van der Waals surface area contributed by atoms with E-state index in [1.165, 1.54) is 11.9 Å². The van der Waals surface area contributed by atoms with Gasteiger partial charge in [-0.15, -0.1) is 0 Å². The average molecular weight is 377 g/mol. The predicted molar refractivity (Wildman–Crippen MR) is 109 cm³/mol. The molecule has 0 amide bonds. The van der Waals surface area contributed by atoms with Gasteiger partial charge in [0, 0.05) is 12.7 Å². The van der Waals surface area contributed by atoms with Gasteiger partial charge in [0.1, 0.15) is 6.29 Å². The van der Waals surface area contributed by atoms with Gasteiger partial charge in [0.15, 0.2) is 0 Å². The number of nitrogens with one attached hydrogen (secondary N) is 1. The summed E-state index contributed by atoms with van der Waals surface area (Å²) in [5.74, 6) is -0.262. The molecule has 27 heavy (non-hydrogen) atoms. The van der Waals surface area contributed by atoms with Crippen LogP contribution in [-0.2, 0) is 9.59 Å². The maximum absolute atomic E-state index is 11.0. The topological polar surface area (TPSA) is 108 Å². The molecule has 1 fully saturated rings. The van der Waals surface area contributed by atoms with Gasteiger partial charge in [-0.1, -0.05) is 25.5 Å². The Morgan fingerprint density at radius 2 is 1.96 bits per heavy atom. The van der Waals surface area contributed by atoms with E-state index in [9.17, 15) is 9.59 Å². The van der Waals surface area contributed by atoms with Crippen molar-refractivity contribution in [1.29, 1.82) is 0 Å². The molecule has 0 aliphatic carbocycles. The monoisotopic (exact) mass is 376 g/mol. The molecule has 0 saturated carbocycles. The molecular formula is C20H32N4O3. The third kappa shape index (κ3) is 8.68. The quantitative estimate of drug-likeness (QED) is 0.365. The SMILES string of the molecule is CCCC(C=O)Nc1ccc(C2CCN(CC(=O)O)CC2)cc1.CN=CN. The minimum absolute atomic E-state index is 0.120. The van der Waals surface area contributed by atoms with Crippen LogP contribution in [0.1, 0.15) is 44.1 Å². The van der Waals surface area contributed by atoms with Crippen LogP contribution in [0.4, 0.5) is 5.69 Å². The first kappa shape index (κ1) is 22.6. The molecule has 4 N–H and O–H groups in total. The summed E-state index contributed by atoms with van der Waals surface area (Å²) in [6.45, 7) is 3.87. The summed E-state index contributed by atoms with van der Waals surface area (Å²) in [4.78, 5) is 27.1. The van der Waals surface area contributed by atoms with Crippen LogP contribution in [-0.4, -0.2) is 61.3 Å². The number of carboxylic acid groups (broad SMARTS) is 1. The van der Waals surface area contributed by atoms with Crippen LogP contribution in [0, 0.1) is 0 Å². The van der Waals surface area contributed by atoms with E-state index in [4.69, 9.17) is 10.8 Å². The number of likely N-dealkylation sites (tertiary alicyclic amines) is 1. The first-order valence-corrected chi connectivity index (χ1v) is 9.42. The lowest BCUT2D eigenvalue weighted by Crippen LogP contribution is -2.36. The highest BCUT2D eigenvalue weighted by Crippen LogP contribution is 2.28. The summed E-state index contributed by atoms with van der Waals surface area (Å²) < 4.78 is 0. The minimum Gasteiger partial charge on any atom is -0.480 e. The zero-order valence-corrected chi connectivity index (χ0v) is 16.3. The highest BCUT2D eigenvalue weighted by molar-refractivity contribution is 5.69. The smallest absolute Gasteiger partial charge is 0.317 e. The first-order chi connectivity index (χ1) is 13.0. The van der Waals surface area contributed by atoms with E-state index in [0.717, 1.165) is 50.7 Å². The molecule has 0 aromatic heterocycles. The lowest BCUT2D eigenvalue weighted by atomic mass is 9.89. The molecule has 7 nitrogen and oxygen atoms in total. The molecule has 1 aromatic rings. The van der Waals surface area contributed by atoms with Crippen molar-refractivity contribution < 1.29 is 14.7 Å². The fourth-order valence-electron chi connectivity index (χ4n) is 3.17. The second-order valence-electron chi connectivity index (χ2n) is 6.65. The van der Waals surface area contributed by atoms with E-state index in [1.54, 1.807) is 7.05 Å². The summed E-state index contributed by atoms with van der Waals surface area (Å²) in [6.07, 6.45) is 6.02. The Kier molecular flexibility index (Phi) is 10.8. The highest BCUT2D eigenvalue weighted by atomic mass is 16.4. The molecule has 1 aromatic carbocycles. The number of aliphatic imine (C=N–C) groups is 1. The maximum atomic E-state index is 11.0. The number of nitrogens with two attached hydrogens (primary N) is 1. The molecule has 1 atom stereocenters. The Hall–Kier alpha value is -2.41. The molecule has 1 saturated heterocycles. The van der Waals surface area contributed by atoms with E-state index in [0.29, 0.717) is 5.92 Å². The lowest BCUT2D eigenvalue weighted by molar-refractivity contribution is -0.138. The fraction of sp³-hybridized carbons (Fsp3) is 0.550. The first-order valence-electron chi connectivity index (χ1n) is 9.42. The van der Waals surface area contributed by atoms with Gasteiger partial charge in [0.25, 0.3) is 0 Å². The number of aldehydes is 1. The predicted octanol–water partition coefficient (Wildman–Crippen LogP) is 2.33. The van der Waals surface area contributed by atoms with Crippen molar-refractivity contribution in [2.24, 2.45) is 10.7 Å². The number of rotatable bonds is 8. The number of nitrogens with zero attached hydrogens (tertiary/aromatic N) is 2. The zero-order chi connectivity index (χ0) is 20.1. The number of aliphatic carboxylic acids is 1. The number of benzene rings is 1. The van der Waals surface area contributed by atoms with Gasteiger partial charge < -0.3 is 21.0 Å². The molecule has 7 heteroatoms. The Balaban J connectivity index is 0.000000828. The fourth-order valence-corrected chi connectivity index (χ4v) is 3.17. The third-order valence-corrected chi connectivity index (χ3v) is 4.59. The Labute approximate surface area is 161 Å². The Bertz CT molecular complexity index is 577. The number of carbonyl (C=O) groups is 2. The lowest BCUT2D eigenvalue weighted by Gasteiger charge is -2.31. The largest absolute Gasteiger partial charge is 0.480 e. The van der Waals surface area contributed by atoms with Crippen molar-refractivity contribution in [3.8, 4) is 0 Å². The van der Waals surface area contributed by atoms with Gasteiger partial charge >= 0.3 is 5.97 Å². The summed E-state index contributed by atoms with van der Waals surface area (Å²) in [7, 11) is 1.62. The van der Waals surface area contributed by atoms with E-state index < -0.39 is 5.97 Å². The molecule has 150 valence electrons. The second kappa shape index (κ2) is 12.9. The van der Waals surface area contributed by atoms with Crippen molar-refractivity contribution in [3.63, 3.8) is 0 Å². The molecule has 1 heterocycles. The van der Waals surface area contributed by atoms with Crippen LogP contribution in [0.3, 0.4) is 0 Å². The number of piperidine rings is 1. The summed E-state index contributed by atoms with van der Waals surface area (Å²) in [6, 6.07) is 8.18. The van der Waals surface area contributed by atoms with Gasteiger partial charge in [-0.25, -0.2) is 0 Å². The van der Waals surface area contributed by atoms with Crippen LogP contribution in [0.25, 0.3) is 0 Å². The summed E-state index contributed by atoms with van der Waals surface area (Å²) in [5.41, 5.74) is 7.01. The molecule has 1 aliphatic heterocycles. The van der Waals surface area contributed by atoms with Crippen molar-refractivity contribution in [2.45, 2.75) is 44.6 Å². The summed E-state index contributed by atoms with van der Waals surface area (Å²) >= 11 is 0.